The maximum absolute atomic E-state index is 12.8. The van der Waals surface area contributed by atoms with Gasteiger partial charge in [0.1, 0.15) is 5.84 Å². The third-order valence-electron chi connectivity index (χ3n) is 5.71. The maximum atomic E-state index is 12.8. The van der Waals surface area contributed by atoms with Gasteiger partial charge in [-0.05, 0) is 31.1 Å². The van der Waals surface area contributed by atoms with Gasteiger partial charge >= 0.3 is 0 Å². The number of oxime groups is 1. The largest absolute Gasteiger partial charge is 0.409 e. The Labute approximate surface area is 127 Å². The predicted molar refractivity (Wildman–Crippen MR) is 83.1 cm³/mol. The van der Waals surface area contributed by atoms with Gasteiger partial charge in [0.2, 0.25) is 5.91 Å². The average molecular weight is 295 g/mol. The van der Waals surface area contributed by atoms with Gasteiger partial charge in [-0.15, -0.1) is 0 Å². The molecule has 0 bridgehead atoms. The molecule has 120 valence electrons. The van der Waals surface area contributed by atoms with E-state index in [0.717, 1.165) is 32.1 Å². The Kier molecular flexibility index (Phi) is 4.49. The second kappa shape index (κ2) is 5.85. The summed E-state index contributed by atoms with van der Waals surface area (Å²) in [5.41, 5.74) is 5.61. The molecule has 1 atom stereocenters. The first-order valence-electron chi connectivity index (χ1n) is 8.07. The van der Waals surface area contributed by atoms with Crippen molar-refractivity contribution < 1.29 is 10.0 Å². The number of amidine groups is 1. The lowest BCUT2D eigenvalue weighted by atomic mass is 9.68. The summed E-state index contributed by atoms with van der Waals surface area (Å²) in [7, 11) is 0. The summed E-state index contributed by atoms with van der Waals surface area (Å²) < 4.78 is 0. The van der Waals surface area contributed by atoms with Crippen molar-refractivity contribution in [2.75, 3.05) is 13.1 Å². The van der Waals surface area contributed by atoms with E-state index in [1.165, 1.54) is 6.42 Å². The first kappa shape index (κ1) is 16.1. The molecule has 1 saturated carbocycles. The highest BCUT2D eigenvalue weighted by Gasteiger charge is 2.42. The van der Waals surface area contributed by atoms with Crippen LogP contribution in [0, 0.1) is 16.7 Å². The molecule has 0 spiro atoms. The fourth-order valence-electron chi connectivity index (χ4n) is 3.77. The monoisotopic (exact) mass is 295 g/mol. The first-order chi connectivity index (χ1) is 9.80. The number of carbonyl (C=O) groups excluding carboxylic acids is 1. The number of nitrogens with zero attached hydrogens (tertiary/aromatic N) is 2. The summed E-state index contributed by atoms with van der Waals surface area (Å²) >= 11 is 0. The number of piperidine rings is 1. The van der Waals surface area contributed by atoms with Crippen molar-refractivity contribution in [3.8, 4) is 0 Å². The van der Waals surface area contributed by atoms with Crippen molar-refractivity contribution in [1.82, 2.24) is 4.90 Å². The number of rotatable bonds is 2. The topological polar surface area (TPSA) is 78.9 Å². The Bertz CT molecular complexity index is 423. The Morgan fingerprint density at radius 2 is 1.81 bits per heavy atom. The lowest BCUT2D eigenvalue weighted by Gasteiger charge is -2.44. The quantitative estimate of drug-likeness (QED) is 0.356. The molecule has 2 rings (SSSR count). The highest BCUT2D eigenvalue weighted by molar-refractivity contribution is 5.86. The molecule has 2 fully saturated rings. The zero-order valence-electron chi connectivity index (χ0n) is 13.6. The first-order valence-corrected chi connectivity index (χ1v) is 8.07. The lowest BCUT2D eigenvalue weighted by Crippen LogP contribution is -2.51. The smallest absolute Gasteiger partial charge is 0.226 e. The van der Waals surface area contributed by atoms with Crippen LogP contribution in [-0.2, 0) is 4.79 Å². The molecule has 3 N–H and O–H groups in total. The van der Waals surface area contributed by atoms with Crippen molar-refractivity contribution in [2.45, 2.75) is 59.3 Å². The number of carbonyl (C=O) groups is 1. The zero-order chi connectivity index (χ0) is 15.7. The van der Waals surface area contributed by atoms with E-state index in [0.29, 0.717) is 19.0 Å². The molecule has 1 aliphatic carbocycles. The van der Waals surface area contributed by atoms with Crippen LogP contribution < -0.4 is 5.73 Å². The molecule has 2 aliphatic rings. The van der Waals surface area contributed by atoms with Crippen molar-refractivity contribution in [2.24, 2.45) is 27.6 Å². The minimum Gasteiger partial charge on any atom is -0.409 e. The minimum atomic E-state index is -0.284. The highest BCUT2D eigenvalue weighted by atomic mass is 16.4. The molecular formula is C16H29N3O2. The van der Waals surface area contributed by atoms with Crippen LogP contribution in [0.1, 0.15) is 59.3 Å². The van der Waals surface area contributed by atoms with E-state index in [4.69, 9.17) is 10.9 Å². The van der Waals surface area contributed by atoms with Crippen LogP contribution in [0.3, 0.4) is 0 Å². The second-order valence-electron chi connectivity index (χ2n) is 7.66. The summed E-state index contributed by atoms with van der Waals surface area (Å²) in [5, 5.41) is 12.0. The van der Waals surface area contributed by atoms with E-state index in [-0.39, 0.29) is 22.6 Å². The number of hydrogen-bond acceptors (Lipinski definition) is 3. The van der Waals surface area contributed by atoms with Crippen LogP contribution in [0.2, 0.25) is 0 Å². The van der Waals surface area contributed by atoms with Gasteiger partial charge in [-0.25, -0.2) is 0 Å². The molecular weight excluding hydrogens is 266 g/mol. The van der Waals surface area contributed by atoms with Crippen molar-refractivity contribution in [3.05, 3.63) is 0 Å². The molecule has 1 amide bonds. The molecule has 21 heavy (non-hydrogen) atoms. The number of amides is 1. The third-order valence-corrected chi connectivity index (χ3v) is 5.71. The van der Waals surface area contributed by atoms with Crippen molar-refractivity contribution in [3.63, 3.8) is 0 Å². The van der Waals surface area contributed by atoms with Crippen LogP contribution in [0.15, 0.2) is 5.16 Å². The standard InChI is InChI=1S/C16H29N3O2/c1-15(2)7-5-4-6-12(15)13(20)19-10-8-16(3,9-11-19)14(17)18-21/h12,21H,4-11H2,1-3H3,(H2,17,18). The molecule has 5 heteroatoms. The Morgan fingerprint density at radius 3 is 2.33 bits per heavy atom. The molecule has 1 saturated heterocycles. The van der Waals surface area contributed by atoms with Crippen molar-refractivity contribution in [1.29, 1.82) is 0 Å². The predicted octanol–water partition coefficient (Wildman–Crippen LogP) is 2.58. The molecule has 0 aromatic heterocycles. The van der Waals surface area contributed by atoms with E-state index in [9.17, 15) is 4.79 Å². The van der Waals surface area contributed by atoms with Crippen LogP contribution in [0.4, 0.5) is 0 Å². The molecule has 5 nitrogen and oxygen atoms in total. The Balaban J connectivity index is 2.00. The summed E-state index contributed by atoms with van der Waals surface area (Å²) in [5.74, 6) is 0.744. The van der Waals surface area contributed by atoms with Gasteiger partial charge in [-0.2, -0.15) is 0 Å². The molecule has 1 unspecified atom stereocenters. The van der Waals surface area contributed by atoms with Crippen LogP contribution in [0.25, 0.3) is 0 Å². The van der Waals surface area contributed by atoms with Gasteiger partial charge in [0.25, 0.3) is 0 Å². The van der Waals surface area contributed by atoms with Crippen LogP contribution in [-0.4, -0.2) is 34.9 Å². The van der Waals surface area contributed by atoms with E-state index in [2.05, 4.69) is 19.0 Å². The van der Waals surface area contributed by atoms with Gasteiger partial charge < -0.3 is 15.8 Å². The molecule has 0 aromatic rings. The minimum absolute atomic E-state index is 0.113. The third kappa shape index (κ3) is 3.16. The van der Waals surface area contributed by atoms with Gasteiger partial charge in [-0.1, -0.05) is 38.8 Å². The van der Waals surface area contributed by atoms with Crippen LogP contribution in [0.5, 0.6) is 0 Å². The SMILES string of the molecule is CC1(C(N)=NO)CCN(C(=O)C2CCCCC2(C)C)CC1. The van der Waals surface area contributed by atoms with Gasteiger partial charge in [0.15, 0.2) is 0 Å². The number of nitrogens with two attached hydrogens (primary N) is 1. The number of hydrogen-bond donors (Lipinski definition) is 2. The molecule has 0 aromatic carbocycles. The van der Waals surface area contributed by atoms with E-state index >= 15 is 0 Å². The van der Waals surface area contributed by atoms with E-state index < -0.39 is 0 Å². The van der Waals surface area contributed by atoms with E-state index in [1.807, 2.05) is 11.8 Å². The zero-order valence-corrected chi connectivity index (χ0v) is 13.6. The van der Waals surface area contributed by atoms with Gasteiger partial charge in [0, 0.05) is 24.4 Å². The summed E-state index contributed by atoms with van der Waals surface area (Å²) in [4.78, 5) is 14.8. The summed E-state index contributed by atoms with van der Waals surface area (Å²) in [6, 6.07) is 0. The fourth-order valence-corrected chi connectivity index (χ4v) is 3.77. The highest BCUT2D eigenvalue weighted by Crippen LogP contribution is 2.42. The fraction of sp³-hybridized carbons (Fsp3) is 0.875. The average Bonchev–Trinajstić information content (AvgIpc) is 2.46. The van der Waals surface area contributed by atoms with Gasteiger partial charge in [0.05, 0.1) is 0 Å². The van der Waals surface area contributed by atoms with Crippen LogP contribution >= 0.6 is 0 Å². The lowest BCUT2D eigenvalue weighted by molar-refractivity contribution is -0.142. The summed E-state index contributed by atoms with van der Waals surface area (Å²) in [6.45, 7) is 7.86. The maximum Gasteiger partial charge on any atom is 0.226 e. The normalized spacial score (nSPS) is 29.2. The Morgan fingerprint density at radius 1 is 1.19 bits per heavy atom. The Hall–Kier alpha value is -1.26. The summed E-state index contributed by atoms with van der Waals surface area (Å²) in [6.07, 6.45) is 6.08. The van der Waals surface area contributed by atoms with Gasteiger partial charge in [-0.3, -0.25) is 4.79 Å². The van der Waals surface area contributed by atoms with E-state index in [1.54, 1.807) is 0 Å². The van der Waals surface area contributed by atoms with Crippen molar-refractivity contribution >= 4 is 11.7 Å². The number of likely N-dealkylation sites (tertiary alicyclic amines) is 1. The molecule has 1 aliphatic heterocycles. The molecule has 1 heterocycles. The molecule has 0 radical (unpaired) electrons. The second-order valence-corrected chi connectivity index (χ2v) is 7.66.